The molecule has 0 N–H and O–H groups in total. The Kier molecular flexibility index (Phi) is 3.02. The zero-order valence-electron chi connectivity index (χ0n) is 8.87. The number of aromatic nitrogens is 1. The van der Waals surface area contributed by atoms with E-state index in [9.17, 15) is 0 Å². The predicted octanol–water partition coefficient (Wildman–Crippen LogP) is 2.63. The van der Waals surface area contributed by atoms with E-state index in [1.807, 2.05) is 6.20 Å². The molecule has 14 heavy (non-hydrogen) atoms. The van der Waals surface area contributed by atoms with Crippen LogP contribution in [0.1, 0.15) is 31.7 Å². The Hall–Kier alpha value is -1.05. The Morgan fingerprint density at radius 3 is 2.79 bits per heavy atom. The Labute approximate surface area is 86.0 Å². The molecule has 1 aromatic rings. The van der Waals surface area contributed by atoms with Crippen LogP contribution in [-0.2, 0) is 6.42 Å². The Bertz CT molecular complexity index is 290. The molecule has 0 aliphatic carbocycles. The van der Waals surface area contributed by atoms with Crippen LogP contribution in [0.5, 0.6) is 0 Å². The van der Waals surface area contributed by atoms with E-state index < -0.39 is 0 Å². The highest BCUT2D eigenvalue weighted by Gasteiger charge is 2.11. The van der Waals surface area contributed by atoms with E-state index >= 15 is 0 Å². The molecule has 0 amide bonds. The molecule has 0 aromatic carbocycles. The molecule has 2 heteroatoms. The van der Waals surface area contributed by atoms with Crippen LogP contribution in [0.3, 0.4) is 0 Å². The first-order valence-electron chi connectivity index (χ1n) is 5.60. The van der Waals surface area contributed by atoms with E-state index in [4.69, 9.17) is 0 Å². The molecule has 76 valence electrons. The van der Waals surface area contributed by atoms with Crippen LogP contribution in [-0.4, -0.2) is 18.1 Å². The van der Waals surface area contributed by atoms with Gasteiger partial charge in [-0.1, -0.05) is 6.92 Å². The van der Waals surface area contributed by atoms with Crippen molar-refractivity contribution in [2.75, 3.05) is 18.0 Å². The molecule has 0 radical (unpaired) electrons. The SMILES string of the molecule is CCc1ccnc(N2CCCCC2)c1. The van der Waals surface area contributed by atoms with Gasteiger partial charge < -0.3 is 4.90 Å². The van der Waals surface area contributed by atoms with E-state index in [1.54, 1.807) is 0 Å². The number of rotatable bonds is 2. The summed E-state index contributed by atoms with van der Waals surface area (Å²) < 4.78 is 0. The molecule has 0 bridgehead atoms. The molecule has 1 fully saturated rings. The lowest BCUT2D eigenvalue weighted by Gasteiger charge is -2.27. The summed E-state index contributed by atoms with van der Waals surface area (Å²) in [5.41, 5.74) is 1.39. The van der Waals surface area contributed by atoms with Crippen molar-refractivity contribution in [3.63, 3.8) is 0 Å². The van der Waals surface area contributed by atoms with E-state index in [2.05, 4.69) is 28.9 Å². The fourth-order valence-electron chi connectivity index (χ4n) is 1.98. The second kappa shape index (κ2) is 4.45. The van der Waals surface area contributed by atoms with Gasteiger partial charge in [0.1, 0.15) is 5.82 Å². The van der Waals surface area contributed by atoms with Gasteiger partial charge in [0.2, 0.25) is 0 Å². The van der Waals surface area contributed by atoms with E-state index in [1.165, 1.54) is 43.7 Å². The van der Waals surface area contributed by atoms with Gasteiger partial charge in [0, 0.05) is 19.3 Å². The molecule has 0 unspecified atom stereocenters. The smallest absolute Gasteiger partial charge is 0.128 e. The van der Waals surface area contributed by atoms with Crippen LogP contribution in [0.15, 0.2) is 18.3 Å². The number of nitrogens with zero attached hydrogens (tertiary/aromatic N) is 2. The standard InChI is InChI=1S/C12H18N2/c1-2-11-6-7-13-12(10-11)14-8-4-3-5-9-14/h6-7,10H,2-5,8-9H2,1H3. The highest BCUT2D eigenvalue weighted by molar-refractivity contribution is 5.41. The third-order valence-corrected chi connectivity index (χ3v) is 2.90. The van der Waals surface area contributed by atoms with Crippen molar-refractivity contribution in [1.82, 2.24) is 4.98 Å². The van der Waals surface area contributed by atoms with Crippen LogP contribution in [0, 0.1) is 0 Å². The summed E-state index contributed by atoms with van der Waals surface area (Å²) >= 11 is 0. The Morgan fingerprint density at radius 1 is 1.29 bits per heavy atom. The van der Waals surface area contributed by atoms with Crippen LogP contribution in [0.25, 0.3) is 0 Å². The van der Waals surface area contributed by atoms with Crippen LogP contribution < -0.4 is 4.90 Å². The zero-order chi connectivity index (χ0) is 9.80. The molecule has 0 saturated carbocycles. The number of hydrogen-bond acceptors (Lipinski definition) is 2. The van der Waals surface area contributed by atoms with Gasteiger partial charge in [0.05, 0.1) is 0 Å². The van der Waals surface area contributed by atoms with Crippen molar-refractivity contribution < 1.29 is 0 Å². The number of aryl methyl sites for hydroxylation is 1. The number of anilines is 1. The summed E-state index contributed by atoms with van der Waals surface area (Å²) in [5, 5.41) is 0. The van der Waals surface area contributed by atoms with Crippen molar-refractivity contribution >= 4 is 5.82 Å². The van der Waals surface area contributed by atoms with Crippen LogP contribution in [0.2, 0.25) is 0 Å². The number of piperidine rings is 1. The van der Waals surface area contributed by atoms with Gasteiger partial charge in [-0.3, -0.25) is 0 Å². The maximum absolute atomic E-state index is 4.44. The number of hydrogen-bond donors (Lipinski definition) is 0. The van der Waals surface area contributed by atoms with Gasteiger partial charge in [0.25, 0.3) is 0 Å². The molecule has 1 aliphatic heterocycles. The predicted molar refractivity (Wildman–Crippen MR) is 59.7 cm³/mol. The monoisotopic (exact) mass is 190 g/mol. The topological polar surface area (TPSA) is 16.1 Å². The van der Waals surface area contributed by atoms with Crippen molar-refractivity contribution in [3.05, 3.63) is 23.9 Å². The van der Waals surface area contributed by atoms with Crippen molar-refractivity contribution in [3.8, 4) is 0 Å². The fraction of sp³-hybridized carbons (Fsp3) is 0.583. The molecule has 2 rings (SSSR count). The Balaban J connectivity index is 2.13. The molecule has 1 aliphatic rings. The lowest BCUT2D eigenvalue weighted by atomic mass is 10.1. The quantitative estimate of drug-likeness (QED) is 0.712. The van der Waals surface area contributed by atoms with Crippen LogP contribution in [0.4, 0.5) is 5.82 Å². The summed E-state index contributed by atoms with van der Waals surface area (Å²) in [5.74, 6) is 1.17. The molecule has 0 spiro atoms. The molecular formula is C12H18N2. The van der Waals surface area contributed by atoms with Crippen LogP contribution >= 0.6 is 0 Å². The first kappa shape index (κ1) is 9.50. The highest BCUT2D eigenvalue weighted by atomic mass is 15.2. The largest absolute Gasteiger partial charge is 0.357 e. The normalized spacial score (nSPS) is 17.1. The average Bonchev–Trinajstić information content (AvgIpc) is 2.30. The van der Waals surface area contributed by atoms with E-state index in [0.717, 1.165) is 6.42 Å². The minimum atomic E-state index is 1.10. The summed E-state index contributed by atoms with van der Waals surface area (Å²) in [6.07, 6.45) is 7.05. The average molecular weight is 190 g/mol. The summed E-state index contributed by atoms with van der Waals surface area (Å²) in [4.78, 5) is 6.84. The van der Waals surface area contributed by atoms with Gasteiger partial charge in [-0.05, 0) is 43.4 Å². The maximum Gasteiger partial charge on any atom is 0.128 e. The summed E-state index contributed by atoms with van der Waals surface area (Å²) in [6, 6.07) is 4.33. The maximum atomic E-state index is 4.44. The zero-order valence-corrected chi connectivity index (χ0v) is 8.87. The van der Waals surface area contributed by atoms with Crippen molar-refractivity contribution in [2.24, 2.45) is 0 Å². The number of pyridine rings is 1. The summed E-state index contributed by atoms with van der Waals surface area (Å²) in [7, 11) is 0. The third-order valence-electron chi connectivity index (χ3n) is 2.90. The van der Waals surface area contributed by atoms with Gasteiger partial charge in [-0.2, -0.15) is 0 Å². The molecular weight excluding hydrogens is 172 g/mol. The minimum Gasteiger partial charge on any atom is -0.357 e. The lowest BCUT2D eigenvalue weighted by Crippen LogP contribution is -2.30. The molecule has 2 nitrogen and oxygen atoms in total. The molecule has 1 saturated heterocycles. The third kappa shape index (κ3) is 2.06. The van der Waals surface area contributed by atoms with Gasteiger partial charge in [-0.25, -0.2) is 4.98 Å². The highest BCUT2D eigenvalue weighted by Crippen LogP contribution is 2.18. The van der Waals surface area contributed by atoms with Gasteiger partial charge >= 0.3 is 0 Å². The molecule has 1 aromatic heterocycles. The van der Waals surface area contributed by atoms with E-state index in [-0.39, 0.29) is 0 Å². The second-order valence-corrected chi connectivity index (χ2v) is 3.92. The minimum absolute atomic E-state index is 1.10. The first-order chi connectivity index (χ1) is 6.90. The molecule has 2 heterocycles. The molecule has 0 atom stereocenters. The van der Waals surface area contributed by atoms with Gasteiger partial charge in [0.15, 0.2) is 0 Å². The second-order valence-electron chi connectivity index (χ2n) is 3.92. The van der Waals surface area contributed by atoms with Crippen molar-refractivity contribution in [2.45, 2.75) is 32.6 Å². The van der Waals surface area contributed by atoms with Gasteiger partial charge in [-0.15, -0.1) is 0 Å². The lowest BCUT2D eigenvalue weighted by molar-refractivity contribution is 0.573. The van der Waals surface area contributed by atoms with E-state index in [0.29, 0.717) is 0 Å². The fourth-order valence-corrected chi connectivity index (χ4v) is 1.98. The van der Waals surface area contributed by atoms with Crippen molar-refractivity contribution in [1.29, 1.82) is 0 Å². The first-order valence-corrected chi connectivity index (χ1v) is 5.60. The summed E-state index contributed by atoms with van der Waals surface area (Å²) in [6.45, 7) is 4.55. The Morgan fingerprint density at radius 2 is 2.07 bits per heavy atom.